The van der Waals surface area contributed by atoms with Crippen LogP contribution in [0.1, 0.15) is 69.9 Å². The van der Waals surface area contributed by atoms with Crippen molar-refractivity contribution in [2.45, 2.75) is 45.7 Å². The lowest BCUT2D eigenvalue weighted by Crippen LogP contribution is -2.44. The number of aromatic nitrogens is 6. The molecular weight excluding hydrogens is 485 g/mol. The van der Waals surface area contributed by atoms with Crippen LogP contribution < -0.4 is 15.5 Å². The normalized spacial score (nSPS) is 21.2. The quantitative estimate of drug-likeness (QED) is 0.291. The highest BCUT2D eigenvalue weighted by Gasteiger charge is 2.27. The van der Waals surface area contributed by atoms with Crippen LogP contribution in [0.3, 0.4) is 0 Å². The van der Waals surface area contributed by atoms with Crippen LogP contribution in [0.4, 0.5) is 16.2 Å². The third kappa shape index (κ3) is 4.29. The van der Waals surface area contributed by atoms with Gasteiger partial charge in [-0.25, -0.2) is 18.9 Å². The number of nitrogens with zero attached hydrogens (tertiary/aromatic N) is 7. The maximum absolute atomic E-state index is 14.4. The first-order valence-electron chi connectivity index (χ1n) is 24.3. The van der Waals surface area contributed by atoms with Gasteiger partial charge < -0.3 is 20.3 Å². The number of hydrogen-bond acceptors (Lipinski definition) is 8. The number of anilines is 2. The summed E-state index contributed by atoms with van der Waals surface area (Å²) in [4.78, 5) is 17.0. The highest BCUT2D eigenvalue weighted by molar-refractivity contribution is 5.81. The van der Waals surface area contributed by atoms with E-state index in [4.69, 9.17) is 52.5 Å². The van der Waals surface area contributed by atoms with Crippen LogP contribution in [0.2, 0.25) is 0 Å². The lowest BCUT2D eigenvalue weighted by Gasteiger charge is -2.34. The zero-order valence-corrected chi connectivity index (χ0v) is 22.3. The zero-order chi connectivity index (χ0) is 48.4. The van der Waals surface area contributed by atoms with Crippen molar-refractivity contribution >= 4 is 22.8 Å². The fourth-order valence-electron chi connectivity index (χ4n) is 5.72. The minimum absolute atomic E-state index is 0.153. The summed E-state index contributed by atoms with van der Waals surface area (Å²) in [5.41, 5.74) is 5.09. The fourth-order valence-corrected chi connectivity index (χ4v) is 5.72. The van der Waals surface area contributed by atoms with E-state index >= 15 is 0 Å². The van der Waals surface area contributed by atoms with E-state index in [1.54, 1.807) is 17.7 Å². The number of imidazole rings is 1. The SMILES string of the molecule is CNc1nc2ccc(F)cc2n1-c1nc(-c2c(C)nn(C3CCNCC3)c2C)cc(N2CCOC[C@H]2C)n1.[2H][2H].[2H][2H].[2H][2H].[2H][2H].[2H][2H].[2H][2H].[2H][2H].[2H][2H].[2H][2H].[2H][2H].[2H][2H]. The van der Waals surface area contributed by atoms with E-state index in [1.807, 2.05) is 13.0 Å². The third-order valence-corrected chi connectivity index (χ3v) is 7.64. The van der Waals surface area contributed by atoms with E-state index in [2.05, 4.69) is 39.0 Å². The summed E-state index contributed by atoms with van der Waals surface area (Å²) in [5, 5.41) is 11.5. The molecule has 2 aliphatic rings. The number of rotatable bonds is 5. The maximum atomic E-state index is 14.4. The first-order valence-corrected chi connectivity index (χ1v) is 13.3. The topological polar surface area (TPSA) is 98.0 Å². The van der Waals surface area contributed by atoms with Crippen molar-refractivity contribution in [1.82, 2.24) is 34.6 Å². The molecule has 10 nitrogen and oxygen atoms in total. The molecule has 38 heavy (non-hydrogen) atoms. The summed E-state index contributed by atoms with van der Waals surface area (Å²) in [6.45, 7) is 10.3. The first-order chi connectivity index (χ1) is 29.4. The van der Waals surface area contributed by atoms with Gasteiger partial charge in [0, 0.05) is 69.6 Å². The van der Waals surface area contributed by atoms with Crippen LogP contribution in [0.15, 0.2) is 24.3 Å². The first kappa shape index (κ1) is 15.1. The van der Waals surface area contributed by atoms with Gasteiger partial charge in [0.2, 0.25) is 11.9 Å². The van der Waals surface area contributed by atoms with E-state index in [0.29, 0.717) is 42.2 Å². The number of aryl methyl sites for hydroxylation is 1. The van der Waals surface area contributed by atoms with Gasteiger partial charge in [0.25, 0.3) is 0 Å². The summed E-state index contributed by atoms with van der Waals surface area (Å²) in [7, 11) is 1.79. The van der Waals surface area contributed by atoms with Crippen molar-refractivity contribution in [3.05, 3.63) is 41.5 Å². The summed E-state index contributed by atoms with van der Waals surface area (Å²) < 4.78 is 134. The van der Waals surface area contributed by atoms with Crippen LogP contribution >= 0.6 is 0 Å². The average molecular weight is 564 g/mol. The van der Waals surface area contributed by atoms with E-state index in [1.165, 1.54) is 12.1 Å². The van der Waals surface area contributed by atoms with Crippen LogP contribution in [-0.2, 0) is 4.74 Å². The van der Waals surface area contributed by atoms with Gasteiger partial charge in [-0.3, -0.25) is 4.68 Å². The van der Waals surface area contributed by atoms with Gasteiger partial charge in [0.1, 0.15) is 11.6 Å². The molecule has 5 heterocycles. The molecule has 6 rings (SSSR count). The monoisotopic (exact) mass is 564 g/mol. The Morgan fingerprint density at radius 2 is 1.97 bits per heavy atom. The number of piperidine rings is 1. The predicted octanol–water partition coefficient (Wildman–Crippen LogP) is 6.33. The summed E-state index contributed by atoms with van der Waals surface area (Å²) in [6.07, 6.45) is 2.09. The van der Waals surface area contributed by atoms with Crippen LogP contribution in [0, 0.1) is 19.7 Å². The molecule has 11 heteroatoms. The zero-order valence-electron chi connectivity index (χ0n) is 44.3. The molecule has 0 aliphatic carbocycles. The summed E-state index contributed by atoms with van der Waals surface area (Å²) in [6, 6.07) is 7.13. The van der Waals surface area contributed by atoms with E-state index in [9.17, 15) is 4.39 Å². The molecule has 222 valence electrons. The minimum Gasteiger partial charge on any atom is -0.377 e. The van der Waals surface area contributed by atoms with Crippen LogP contribution in [0.25, 0.3) is 28.2 Å². The largest absolute Gasteiger partial charge is 0.377 e. The van der Waals surface area contributed by atoms with E-state index in [0.717, 1.165) is 60.9 Å². The van der Waals surface area contributed by atoms with Crippen molar-refractivity contribution in [2.75, 3.05) is 50.1 Å². The number of halogens is 1. The van der Waals surface area contributed by atoms with Gasteiger partial charge in [-0.05, 0) is 58.8 Å². The van der Waals surface area contributed by atoms with Gasteiger partial charge in [-0.15, -0.1) is 0 Å². The van der Waals surface area contributed by atoms with Gasteiger partial charge in [0.05, 0.1) is 47.7 Å². The highest BCUT2D eigenvalue weighted by Crippen LogP contribution is 2.34. The fraction of sp³-hybridized carbons (Fsp3) is 0.481. The second-order valence-electron chi connectivity index (χ2n) is 10.2. The molecule has 2 fully saturated rings. The van der Waals surface area contributed by atoms with Crippen molar-refractivity contribution in [2.24, 2.45) is 0 Å². The number of nitrogens with one attached hydrogen (secondary N) is 2. The van der Waals surface area contributed by atoms with Gasteiger partial charge in [0.15, 0.2) is 0 Å². The minimum atomic E-state index is -0.339. The smallest absolute Gasteiger partial charge is 0.239 e. The third-order valence-electron chi connectivity index (χ3n) is 7.64. The van der Waals surface area contributed by atoms with Gasteiger partial charge in [-0.2, -0.15) is 10.1 Å². The van der Waals surface area contributed by atoms with Crippen LogP contribution in [0.5, 0.6) is 0 Å². The molecular formula is C27H56FN9O. The Labute approximate surface area is 255 Å². The van der Waals surface area contributed by atoms with Gasteiger partial charge >= 0.3 is 0 Å². The molecule has 0 saturated carbocycles. The summed E-state index contributed by atoms with van der Waals surface area (Å²) in [5.74, 6) is 1.44. The van der Waals surface area contributed by atoms with Crippen molar-refractivity contribution in [3.63, 3.8) is 0 Å². The molecule has 0 bridgehead atoms. The van der Waals surface area contributed by atoms with Crippen molar-refractivity contribution in [1.29, 1.82) is 0 Å². The maximum Gasteiger partial charge on any atom is 0.239 e. The molecule has 0 amide bonds. The van der Waals surface area contributed by atoms with E-state index < -0.39 is 0 Å². The Morgan fingerprint density at radius 1 is 1.16 bits per heavy atom. The molecule has 0 unspecified atom stereocenters. The Hall–Kier alpha value is -3.57. The van der Waals surface area contributed by atoms with Crippen molar-refractivity contribution < 1.29 is 41.8 Å². The Bertz CT molecular complexity index is 1530. The average Bonchev–Trinajstić information content (AvgIpc) is 3.88. The molecule has 3 aromatic heterocycles. The molecule has 1 aromatic carbocycles. The Balaban J connectivity index is -0.000000289. The molecule has 2 aliphatic heterocycles. The molecule has 2 N–H and O–H groups in total. The Morgan fingerprint density at radius 3 is 2.74 bits per heavy atom. The lowest BCUT2D eigenvalue weighted by atomic mass is 10.1. The lowest BCUT2D eigenvalue weighted by molar-refractivity contribution is 0.0985. The van der Waals surface area contributed by atoms with E-state index in [-0.39, 0.29) is 11.9 Å². The van der Waals surface area contributed by atoms with Crippen LogP contribution in [-0.4, -0.2) is 75.2 Å². The predicted molar refractivity (Wildman–Crippen MR) is 169 cm³/mol. The second-order valence-corrected chi connectivity index (χ2v) is 10.2. The standard InChI is InChI=1S/C27H34FN9O.11H2/c1-16-15-38-12-11-35(16)24-14-22(25-17(2)34-37(18(25)3)20-7-9-30-10-8-20)32-27(33-24)36-23-13-19(28)5-6-21(23)31-26(36)29-4;;;;;;;;;;;/h5-6,13-14,16,20,30H,7-12,15H2,1-4H3,(H,29,31);11*1H/t16-;;;;;;;;;;;/m1.........../s1/i;11*1+1D. The molecule has 4 aromatic rings. The number of ether oxygens (including phenoxy) is 1. The summed E-state index contributed by atoms with van der Waals surface area (Å²) >= 11 is 0. The second kappa shape index (κ2) is 9.95. The number of benzene rings is 1. The van der Waals surface area contributed by atoms with Crippen molar-refractivity contribution in [3.8, 4) is 17.2 Å². The number of morpholine rings is 1. The Kier molecular flexibility index (Phi) is 3.96. The van der Waals surface area contributed by atoms with Gasteiger partial charge in [-0.1, -0.05) is 0 Å². The molecule has 2 saturated heterocycles. The number of hydrogen-bond donors (Lipinski definition) is 2. The molecule has 0 radical (unpaired) electrons. The molecule has 0 spiro atoms. The highest BCUT2D eigenvalue weighted by atomic mass is 19.1. The number of fused-ring (bicyclic) bond motifs is 1. The molecule has 1 atom stereocenters.